The Hall–Kier alpha value is -1.07. The maximum atomic E-state index is 12.4. The minimum atomic E-state index is -0.396. The predicted molar refractivity (Wildman–Crippen MR) is 80.3 cm³/mol. The first-order chi connectivity index (χ1) is 9.43. The summed E-state index contributed by atoms with van der Waals surface area (Å²) in [7, 11) is 0. The number of aliphatic hydroxyl groups excluding tert-OH is 1. The summed E-state index contributed by atoms with van der Waals surface area (Å²) in [6.45, 7) is 4.56. The van der Waals surface area contributed by atoms with Gasteiger partial charge in [0.25, 0.3) is 5.56 Å². The molecule has 2 rings (SSSR count). The van der Waals surface area contributed by atoms with E-state index in [2.05, 4.69) is 10.4 Å². The Kier molecular flexibility index (Phi) is 4.70. The quantitative estimate of drug-likeness (QED) is 0.845. The molecule has 0 aromatic carbocycles. The molecular formula is C14H22ClN3O2. The Bertz CT molecular complexity index is 524. The maximum absolute atomic E-state index is 12.4. The van der Waals surface area contributed by atoms with Gasteiger partial charge in [0.05, 0.1) is 11.2 Å². The van der Waals surface area contributed by atoms with E-state index in [0.29, 0.717) is 29.6 Å². The van der Waals surface area contributed by atoms with Gasteiger partial charge in [-0.3, -0.25) is 4.79 Å². The molecule has 1 aromatic heterocycles. The van der Waals surface area contributed by atoms with Gasteiger partial charge in [0, 0.05) is 18.7 Å². The number of aliphatic hydroxyl groups is 1. The summed E-state index contributed by atoms with van der Waals surface area (Å²) in [5, 5.41) is 16.6. The molecule has 1 fully saturated rings. The number of rotatable bonds is 6. The van der Waals surface area contributed by atoms with Crippen LogP contribution in [0.15, 0.2) is 11.0 Å². The van der Waals surface area contributed by atoms with Crippen LogP contribution in [-0.2, 0) is 6.54 Å². The molecule has 0 radical (unpaired) electrons. The first-order valence-electron chi connectivity index (χ1n) is 7.07. The first-order valence-corrected chi connectivity index (χ1v) is 7.45. The standard InChI is InChI=1S/C14H22ClN3O2/c1-14(2,6-7-19)17-12-11(15)8-16-18(13(12)20)9-10-4-3-5-10/h8,10,17,19H,3-7,9H2,1-2H3. The molecule has 20 heavy (non-hydrogen) atoms. The van der Waals surface area contributed by atoms with Crippen molar-refractivity contribution < 1.29 is 5.11 Å². The van der Waals surface area contributed by atoms with Crippen LogP contribution in [0.3, 0.4) is 0 Å². The van der Waals surface area contributed by atoms with E-state index in [4.69, 9.17) is 16.7 Å². The number of anilines is 1. The zero-order valence-corrected chi connectivity index (χ0v) is 12.8. The van der Waals surface area contributed by atoms with Gasteiger partial charge in [0.1, 0.15) is 5.69 Å². The highest BCUT2D eigenvalue weighted by Gasteiger charge is 2.23. The first kappa shape index (κ1) is 15.3. The van der Waals surface area contributed by atoms with Crippen molar-refractivity contribution >= 4 is 17.3 Å². The zero-order chi connectivity index (χ0) is 14.8. The Labute approximate surface area is 124 Å². The third-order valence-electron chi connectivity index (χ3n) is 3.85. The second-order valence-electron chi connectivity index (χ2n) is 6.13. The third kappa shape index (κ3) is 3.52. The fourth-order valence-electron chi connectivity index (χ4n) is 2.31. The third-order valence-corrected chi connectivity index (χ3v) is 4.14. The largest absolute Gasteiger partial charge is 0.396 e. The van der Waals surface area contributed by atoms with Crippen LogP contribution in [-0.4, -0.2) is 27.0 Å². The fraction of sp³-hybridized carbons (Fsp3) is 0.714. The van der Waals surface area contributed by atoms with Gasteiger partial charge in [-0.15, -0.1) is 0 Å². The van der Waals surface area contributed by atoms with Crippen molar-refractivity contribution in [3.63, 3.8) is 0 Å². The topological polar surface area (TPSA) is 67.2 Å². The van der Waals surface area contributed by atoms with E-state index in [9.17, 15) is 4.79 Å². The summed E-state index contributed by atoms with van der Waals surface area (Å²) < 4.78 is 1.49. The molecule has 1 aliphatic rings. The van der Waals surface area contributed by atoms with Crippen molar-refractivity contribution in [3.05, 3.63) is 21.6 Å². The van der Waals surface area contributed by atoms with Gasteiger partial charge in [-0.2, -0.15) is 5.10 Å². The van der Waals surface area contributed by atoms with Crippen molar-refractivity contribution in [1.29, 1.82) is 0 Å². The van der Waals surface area contributed by atoms with Crippen molar-refractivity contribution in [2.45, 2.75) is 51.6 Å². The molecular weight excluding hydrogens is 278 g/mol. The normalized spacial score (nSPS) is 16.0. The lowest BCUT2D eigenvalue weighted by atomic mass is 9.85. The number of halogens is 1. The molecule has 0 spiro atoms. The molecule has 1 heterocycles. The van der Waals surface area contributed by atoms with Crippen LogP contribution in [0.5, 0.6) is 0 Å². The molecule has 0 amide bonds. The number of hydrogen-bond donors (Lipinski definition) is 2. The Morgan fingerprint density at radius 1 is 1.55 bits per heavy atom. The summed E-state index contributed by atoms with van der Waals surface area (Å²) in [6.07, 6.45) is 5.61. The fourth-order valence-corrected chi connectivity index (χ4v) is 2.48. The van der Waals surface area contributed by atoms with Gasteiger partial charge in [0.2, 0.25) is 0 Å². The zero-order valence-electron chi connectivity index (χ0n) is 12.0. The SMILES string of the molecule is CC(C)(CCO)Nc1c(Cl)cnn(CC2CCC2)c1=O. The Balaban J connectivity index is 2.22. The van der Waals surface area contributed by atoms with Crippen molar-refractivity contribution in [2.24, 2.45) is 5.92 Å². The van der Waals surface area contributed by atoms with E-state index in [-0.39, 0.29) is 12.2 Å². The van der Waals surface area contributed by atoms with Gasteiger partial charge in [-0.1, -0.05) is 18.0 Å². The molecule has 1 saturated carbocycles. The van der Waals surface area contributed by atoms with Crippen molar-refractivity contribution in [1.82, 2.24) is 9.78 Å². The van der Waals surface area contributed by atoms with Gasteiger partial charge in [0.15, 0.2) is 0 Å². The highest BCUT2D eigenvalue weighted by molar-refractivity contribution is 6.33. The smallest absolute Gasteiger partial charge is 0.291 e. The van der Waals surface area contributed by atoms with E-state index in [1.54, 1.807) is 0 Å². The summed E-state index contributed by atoms with van der Waals surface area (Å²) in [6, 6.07) is 0. The number of hydrogen-bond acceptors (Lipinski definition) is 4. The average molecular weight is 300 g/mol. The van der Waals surface area contributed by atoms with E-state index in [0.717, 1.165) is 12.8 Å². The summed E-state index contributed by atoms with van der Waals surface area (Å²) in [4.78, 5) is 12.4. The lowest BCUT2D eigenvalue weighted by molar-refractivity contribution is 0.258. The van der Waals surface area contributed by atoms with Crippen LogP contribution in [0.1, 0.15) is 39.5 Å². The molecule has 0 saturated heterocycles. The average Bonchev–Trinajstić information content (AvgIpc) is 2.31. The lowest BCUT2D eigenvalue weighted by Crippen LogP contribution is -2.37. The number of nitrogens with zero attached hydrogens (tertiary/aromatic N) is 2. The molecule has 1 aromatic rings. The molecule has 6 heteroatoms. The second-order valence-corrected chi connectivity index (χ2v) is 6.54. The lowest BCUT2D eigenvalue weighted by Gasteiger charge is -2.28. The van der Waals surface area contributed by atoms with Crippen LogP contribution < -0.4 is 10.9 Å². The maximum Gasteiger partial charge on any atom is 0.291 e. The van der Waals surface area contributed by atoms with Crippen LogP contribution >= 0.6 is 11.6 Å². The van der Waals surface area contributed by atoms with E-state index >= 15 is 0 Å². The van der Waals surface area contributed by atoms with E-state index < -0.39 is 5.54 Å². The van der Waals surface area contributed by atoms with Gasteiger partial charge in [-0.25, -0.2) is 4.68 Å². The Morgan fingerprint density at radius 2 is 2.25 bits per heavy atom. The minimum absolute atomic E-state index is 0.0545. The predicted octanol–water partition coefficient (Wildman–Crippen LogP) is 2.27. The molecule has 1 aliphatic carbocycles. The van der Waals surface area contributed by atoms with Gasteiger partial charge < -0.3 is 10.4 Å². The highest BCUT2D eigenvalue weighted by atomic mass is 35.5. The van der Waals surface area contributed by atoms with Crippen LogP contribution in [0, 0.1) is 5.92 Å². The molecule has 0 bridgehead atoms. The molecule has 112 valence electrons. The second kappa shape index (κ2) is 6.14. The van der Waals surface area contributed by atoms with Crippen molar-refractivity contribution in [2.75, 3.05) is 11.9 Å². The molecule has 0 unspecified atom stereocenters. The van der Waals surface area contributed by atoms with Crippen LogP contribution in [0.2, 0.25) is 5.02 Å². The van der Waals surface area contributed by atoms with Crippen molar-refractivity contribution in [3.8, 4) is 0 Å². The minimum Gasteiger partial charge on any atom is -0.396 e. The molecule has 2 N–H and O–H groups in total. The van der Waals surface area contributed by atoms with E-state index in [1.807, 2.05) is 13.8 Å². The Morgan fingerprint density at radius 3 is 2.80 bits per heavy atom. The number of nitrogens with one attached hydrogen (secondary N) is 1. The van der Waals surface area contributed by atoms with Gasteiger partial charge >= 0.3 is 0 Å². The monoisotopic (exact) mass is 299 g/mol. The highest BCUT2D eigenvalue weighted by Crippen LogP contribution is 2.28. The summed E-state index contributed by atoms with van der Waals surface area (Å²) >= 11 is 6.09. The van der Waals surface area contributed by atoms with Crippen LogP contribution in [0.25, 0.3) is 0 Å². The van der Waals surface area contributed by atoms with Gasteiger partial charge in [-0.05, 0) is 39.0 Å². The summed E-state index contributed by atoms with van der Waals surface area (Å²) in [5.74, 6) is 0.555. The summed E-state index contributed by atoms with van der Waals surface area (Å²) in [5.41, 5.74) is -0.206. The molecule has 5 nitrogen and oxygen atoms in total. The van der Waals surface area contributed by atoms with Crippen LogP contribution in [0.4, 0.5) is 5.69 Å². The number of aromatic nitrogens is 2. The molecule has 0 aliphatic heterocycles. The molecule has 0 atom stereocenters. The van der Waals surface area contributed by atoms with E-state index in [1.165, 1.54) is 17.3 Å².